The van der Waals surface area contributed by atoms with Crippen molar-refractivity contribution in [2.45, 2.75) is 51.2 Å². The molecule has 0 radical (unpaired) electrons. The van der Waals surface area contributed by atoms with Crippen molar-refractivity contribution in [2.75, 3.05) is 33.0 Å². The molecule has 1 aliphatic rings. The van der Waals surface area contributed by atoms with Crippen molar-refractivity contribution >= 4 is 23.7 Å². The van der Waals surface area contributed by atoms with Gasteiger partial charge in [-0.2, -0.15) is 5.10 Å². The molecule has 1 fully saturated rings. The van der Waals surface area contributed by atoms with E-state index in [4.69, 9.17) is 21.0 Å². The molecule has 11 nitrogen and oxygen atoms in total. The van der Waals surface area contributed by atoms with Gasteiger partial charge in [0.25, 0.3) is 5.91 Å². The van der Waals surface area contributed by atoms with Crippen molar-refractivity contribution in [1.29, 1.82) is 0 Å². The lowest BCUT2D eigenvalue weighted by atomic mass is 9.84. The number of primary amides is 1. The van der Waals surface area contributed by atoms with Gasteiger partial charge in [0.2, 0.25) is 5.91 Å². The van der Waals surface area contributed by atoms with Crippen molar-refractivity contribution in [2.24, 2.45) is 5.73 Å². The van der Waals surface area contributed by atoms with Gasteiger partial charge < -0.3 is 21.1 Å². The predicted molar refractivity (Wildman–Crippen MR) is 105 cm³/mol. The molecule has 1 aromatic rings. The number of ether oxygens (including phenoxy) is 1. The van der Waals surface area contributed by atoms with E-state index in [1.165, 1.54) is 25.0 Å². The third-order valence-corrected chi connectivity index (χ3v) is 4.95. The number of nitrogen functional groups attached to an aromatic ring is 1. The molecule has 0 aliphatic carbocycles. The molecule has 0 aromatic carbocycles. The smallest absolute Gasteiger partial charge is 0.410 e. The molecular formula is C18H30N6O5. The van der Waals surface area contributed by atoms with E-state index in [0.717, 1.165) is 5.06 Å². The average molecular weight is 410 g/mol. The van der Waals surface area contributed by atoms with Crippen molar-refractivity contribution in [1.82, 2.24) is 19.7 Å². The molecule has 0 spiro atoms. The van der Waals surface area contributed by atoms with E-state index in [1.807, 2.05) is 0 Å². The summed E-state index contributed by atoms with van der Waals surface area (Å²) >= 11 is 0. The fourth-order valence-corrected chi connectivity index (χ4v) is 3.23. The summed E-state index contributed by atoms with van der Waals surface area (Å²) in [5, 5.41) is 5.37. The van der Waals surface area contributed by atoms with E-state index < -0.39 is 23.1 Å². The Morgan fingerprint density at radius 1 is 1.28 bits per heavy atom. The van der Waals surface area contributed by atoms with Gasteiger partial charge in [-0.1, -0.05) is 0 Å². The molecule has 1 aliphatic heterocycles. The van der Waals surface area contributed by atoms with E-state index >= 15 is 0 Å². The maximum Gasteiger partial charge on any atom is 0.410 e. The predicted octanol–water partition coefficient (Wildman–Crippen LogP) is 0.700. The van der Waals surface area contributed by atoms with Crippen LogP contribution in [-0.4, -0.2) is 70.5 Å². The van der Waals surface area contributed by atoms with Crippen LogP contribution in [0, 0.1) is 0 Å². The highest BCUT2D eigenvalue weighted by Crippen LogP contribution is 2.35. The Morgan fingerprint density at radius 3 is 2.31 bits per heavy atom. The number of hydrogen-bond donors (Lipinski definition) is 2. The first-order chi connectivity index (χ1) is 13.4. The molecule has 2 heterocycles. The molecule has 0 atom stereocenters. The maximum atomic E-state index is 12.6. The van der Waals surface area contributed by atoms with Gasteiger partial charge in [0, 0.05) is 26.3 Å². The first-order valence-corrected chi connectivity index (χ1v) is 9.32. The van der Waals surface area contributed by atoms with Crippen molar-refractivity contribution in [3.63, 3.8) is 0 Å². The summed E-state index contributed by atoms with van der Waals surface area (Å²) in [6.45, 7) is 6.11. The van der Waals surface area contributed by atoms with Crippen LogP contribution in [0.25, 0.3) is 0 Å². The molecule has 4 N–H and O–H groups in total. The highest BCUT2D eigenvalue weighted by molar-refractivity contribution is 5.96. The molecular weight excluding hydrogens is 380 g/mol. The summed E-state index contributed by atoms with van der Waals surface area (Å²) in [5.41, 5.74) is 9.89. The molecule has 29 heavy (non-hydrogen) atoms. The Hall–Kier alpha value is -2.82. The molecule has 1 saturated heterocycles. The minimum absolute atomic E-state index is 0.000933. The van der Waals surface area contributed by atoms with Crippen molar-refractivity contribution in [3.05, 3.63) is 11.8 Å². The van der Waals surface area contributed by atoms with Gasteiger partial charge in [0.1, 0.15) is 11.2 Å². The van der Waals surface area contributed by atoms with Gasteiger partial charge in [-0.25, -0.2) is 9.86 Å². The van der Waals surface area contributed by atoms with Crippen molar-refractivity contribution < 1.29 is 24.0 Å². The van der Waals surface area contributed by atoms with E-state index in [9.17, 15) is 14.4 Å². The lowest BCUT2D eigenvalue weighted by molar-refractivity contribution is -0.171. The highest BCUT2D eigenvalue weighted by atomic mass is 16.7. The summed E-state index contributed by atoms with van der Waals surface area (Å²) in [6.07, 6.45) is 1.92. The molecule has 0 bridgehead atoms. The Bertz CT molecular complexity index is 776. The first-order valence-electron chi connectivity index (χ1n) is 9.32. The Morgan fingerprint density at radius 2 is 1.86 bits per heavy atom. The third kappa shape index (κ3) is 5.17. The van der Waals surface area contributed by atoms with Crippen LogP contribution < -0.4 is 11.5 Å². The fraction of sp³-hybridized carbons (Fsp3) is 0.667. The number of nitrogens with zero attached hydrogens (tertiary/aromatic N) is 4. The van der Waals surface area contributed by atoms with Gasteiger partial charge in [-0.3, -0.25) is 19.1 Å². The maximum absolute atomic E-state index is 12.6. The largest absolute Gasteiger partial charge is 0.444 e. The number of carbonyl (C=O) groups excluding carboxylic acids is 3. The number of nitrogens with two attached hydrogens (primary N) is 2. The zero-order chi connectivity index (χ0) is 22.0. The second kappa shape index (κ2) is 8.27. The monoisotopic (exact) mass is 410 g/mol. The molecule has 1 aromatic heterocycles. The van der Waals surface area contributed by atoms with E-state index in [1.54, 1.807) is 25.7 Å². The van der Waals surface area contributed by atoms with Gasteiger partial charge in [-0.15, -0.1) is 0 Å². The van der Waals surface area contributed by atoms with Crippen LogP contribution in [0.1, 0.15) is 50.4 Å². The van der Waals surface area contributed by atoms with Crippen LogP contribution in [0.2, 0.25) is 0 Å². The number of likely N-dealkylation sites (tertiary alicyclic amines) is 1. The minimum atomic E-state index is -0.787. The molecule has 0 saturated carbocycles. The number of amides is 3. The number of carbonyl (C=O) groups is 3. The summed E-state index contributed by atoms with van der Waals surface area (Å²) in [7, 11) is 2.91. The van der Waals surface area contributed by atoms with Gasteiger partial charge in [-0.05, 0) is 33.6 Å². The summed E-state index contributed by atoms with van der Waals surface area (Å²) < 4.78 is 6.95. The van der Waals surface area contributed by atoms with Crippen LogP contribution in [-0.2, 0) is 19.9 Å². The highest BCUT2D eigenvalue weighted by Gasteiger charge is 2.42. The molecule has 162 valence electrons. The molecule has 3 amide bonds. The molecule has 0 unspecified atom stereocenters. The number of hydrogen-bond acceptors (Lipinski definition) is 7. The zero-order valence-corrected chi connectivity index (χ0v) is 17.6. The van der Waals surface area contributed by atoms with E-state index in [-0.39, 0.29) is 23.7 Å². The van der Waals surface area contributed by atoms with E-state index in [2.05, 4.69) is 5.10 Å². The first kappa shape index (κ1) is 22.5. The average Bonchev–Trinajstić information content (AvgIpc) is 3.02. The lowest BCUT2D eigenvalue weighted by Crippen LogP contribution is -2.51. The van der Waals surface area contributed by atoms with Gasteiger partial charge >= 0.3 is 6.09 Å². The normalized spacial score (nSPS) is 16.4. The summed E-state index contributed by atoms with van der Waals surface area (Å²) in [5.74, 6) is -0.970. The van der Waals surface area contributed by atoms with Crippen LogP contribution in [0.4, 0.5) is 10.6 Å². The van der Waals surface area contributed by atoms with E-state index in [0.29, 0.717) is 25.9 Å². The second-order valence-electron chi connectivity index (χ2n) is 8.18. The Labute approximate surface area is 169 Å². The zero-order valence-electron chi connectivity index (χ0n) is 17.6. The van der Waals surface area contributed by atoms with Crippen molar-refractivity contribution in [3.8, 4) is 0 Å². The van der Waals surface area contributed by atoms with Crippen LogP contribution in [0.5, 0.6) is 0 Å². The van der Waals surface area contributed by atoms with Crippen LogP contribution >= 0.6 is 0 Å². The fourth-order valence-electron chi connectivity index (χ4n) is 3.23. The third-order valence-electron chi connectivity index (χ3n) is 4.95. The second-order valence-corrected chi connectivity index (χ2v) is 8.18. The molecule has 2 rings (SSSR count). The number of anilines is 1. The number of hydroxylamine groups is 2. The number of rotatable bonds is 5. The topological polar surface area (TPSA) is 146 Å². The standard InChI is InChI=1S/C18H30N6O5/c1-17(2,3)29-16(27)23-8-6-18(7-9-23,10-13(25)22(4)28-5)24-11-12(15(20)26)14(19)21-24/h11H,6-10H2,1-5H3,(H2,19,21)(H2,20,26). The quantitative estimate of drug-likeness (QED) is 0.679. The van der Waals surface area contributed by atoms with Gasteiger partial charge in [0.05, 0.1) is 19.1 Å². The van der Waals surface area contributed by atoms with Gasteiger partial charge in [0.15, 0.2) is 5.82 Å². The van der Waals surface area contributed by atoms with Crippen LogP contribution in [0.15, 0.2) is 6.20 Å². The number of aromatic nitrogens is 2. The SMILES string of the molecule is CON(C)C(=O)CC1(n2cc(C(N)=O)c(N)n2)CCN(C(=O)OC(C)(C)C)CC1. The minimum Gasteiger partial charge on any atom is -0.444 e. The summed E-state index contributed by atoms with van der Waals surface area (Å²) in [4.78, 5) is 43.1. The Balaban J connectivity index is 2.29. The Kier molecular flexibility index (Phi) is 6.41. The number of piperidine rings is 1. The summed E-state index contributed by atoms with van der Waals surface area (Å²) in [6, 6.07) is 0. The lowest BCUT2D eigenvalue weighted by Gasteiger charge is -2.42. The van der Waals surface area contributed by atoms with Crippen LogP contribution in [0.3, 0.4) is 0 Å². The molecule has 11 heteroatoms.